The molecule has 0 aliphatic carbocycles. The predicted octanol–water partition coefficient (Wildman–Crippen LogP) is 3.95. The third-order valence-corrected chi connectivity index (χ3v) is 3.98. The minimum Gasteiger partial charge on any atom is -0.496 e. The average molecular weight is 287 g/mol. The number of benzene rings is 2. The quantitative estimate of drug-likeness (QED) is 0.899. The van der Waals surface area contributed by atoms with Gasteiger partial charge >= 0.3 is 0 Å². The van der Waals surface area contributed by atoms with Crippen LogP contribution >= 0.6 is 0 Å². The Morgan fingerprint density at radius 1 is 1.10 bits per heavy atom. The van der Waals surface area contributed by atoms with E-state index in [4.69, 9.17) is 4.74 Å². The number of likely N-dealkylation sites (N-methyl/N-ethyl adjacent to an activating group) is 1. The van der Waals surface area contributed by atoms with Gasteiger partial charge in [-0.05, 0) is 56.1 Å². The predicted molar refractivity (Wildman–Crippen MR) is 84.4 cm³/mol. The molecule has 1 atom stereocenters. The molecule has 0 radical (unpaired) electrons. The smallest absolute Gasteiger partial charge is 0.131 e. The van der Waals surface area contributed by atoms with E-state index in [1.807, 2.05) is 13.1 Å². The van der Waals surface area contributed by atoms with Crippen LogP contribution in [0.1, 0.15) is 28.3 Å². The van der Waals surface area contributed by atoms with Crippen LogP contribution < -0.4 is 10.1 Å². The van der Waals surface area contributed by atoms with E-state index in [-0.39, 0.29) is 11.9 Å². The lowest BCUT2D eigenvalue weighted by atomic mass is 9.92. The largest absolute Gasteiger partial charge is 0.496 e. The zero-order valence-corrected chi connectivity index (χ0v) is 13.0. The molecule has 0 spiro atoms. The van der Waals surface area contributed by atoms with Gasteiger partial charge in [0.2, 0.25) is 0 Å². The molecule has 2 aromatic rings. The Balaban J connectivity index is 2.42. The Morgan fingerprint density at radius 2 is 1.71 bits per heavy atom. The van der Waals surface area contributed by atoms with Gasteiger partial charge in [0.1, 0.15) is 11.6 Å². The molecule has 0 saturated carbocycles. The molecule has 2 nitrogen and oxygen atoms in total. The Labute approximate surface area is 126 Å². The molecule has 21 heavy (non-hydrogen) atoms. The summed E-state index contributed by atoms with van der Waals surface area (Å²) >= 11 is 0. The molecule has 0 heterocycles. The monoisotopic (exact) mass is 287 g/mol. The van der Waals surface area contributed by atoms with Gasteiger partial charge in [0.15, 0.2) is 0 Å². The van der Waals surface area contributed by atoms with Crippen LogP contribution in [0.5, 0.6) is 5.75 Å². The third-order valence-electron chi connectivity index (χ3n) is 3.98. The second-order valence-electron chi connectivity index (χ2n) is 5.27. The molecule has 3 heteroatoms. The molecule has 0 aliphatic rings. The maximum atomic E-state index is 14.3. The number of rotatable bonds is 5. The van der Waals surface area contributed by atoms with Gasteiger partial charge in [0.05, 0.1) is 7.11 Å². The summed E-state index contributed by atoms with van der Waals surface area (Å²) < 4.78 is 19.6. The van der Waals surface area contributed by atoms with Crippen molar-refractivity contribution in [1.29, 1.82) is 0 Å². The molecular weight excluding hydrogens is 265 g/mol. The van der Waals surface area contributed by atoms with E-state index in [2.05, 4.69) is 31.3 Å². The van der Waals surface area contributed by atoms with Crippen LogP contribution in [0.3, 0.4) is 0 Å². The lowest BCUT2D eigenvalue weighted by molar-refractivity contribution is 0.393. The van der Waals surface area contributed by atoms with Gasteiger partial charge in [-0.15, -0.1) is 0 Å². The normalized spacial score (nSPS) is 12.2. The van der Waals surface area contributed by atoms with Crippen molar-refractivity contribution in [2.24, 2.45) is 0 Å². The third kappa shape index (κ3) is 3.24. The van der Waals surface area contributed by atoms with Crippen LogP contribution in [-0.2, 0) is 6.42 Å². The Morgan fingerprint density at radius 3 is 2.29 bits per heavy atom. The van der Waals surface area contributed by atoms with Gasteiger partial charge < -0.3 is 10.1 Å². The summed E-state index contributed by atoms with van der Waals surface area (Å²) in [5.74, 6) is 0.348. The summed E-state index contributed by atoms with van der Waals surface area (Å²) in [6, 6.07) is 11.1. The zero-order valence-electron chi connectivity index (χ0n) is 13.0. The van der Waals surface area contributed by atoms with Crippen LogP contribution in [0.2, 0.25) is 0 Å². The van der Waals surface area contributed by atoms with E-state index in [0.717, 1.165) is 6.42 Å². The first-order valence-electron chi connectivity index (χ1n) is 7.13. The maximum absolute atomic E-state index is 14.3. The summed E-state index contributed by atoms with van der Waals surface area (Å²) in [6.45, 7) is 4.18. The average Bonchev–Trinajstić information content (AvgIpc) is 2.47. The van der Waals surface area contributed by atoms with Crippen molar-refractivity contribution in [2.75, 3.05) is 14.2 Å². The fourth-order valence-electron chi connectivity index (χ4n) is 2.76. The van der Waals surface area contributed by atoms with Crippen molar-refractivity contribution in [3.05, 3.63) is 64.5 Å². The highest BCUT2D eigenvalue weighted by molar-refractivity contribution is 5.40. The number of methoxy groups -OCH3 is 1. The van der Waals surface area contributed by atoms with Crippen molar-refractivity contribution in [3.8, 4) is 5.75 Å². The van der Waals surface area contributed by atoms with E-state index >= 15 is 0 Å². The highest BCUT2D eigenvalue weighted by atomic mass is 19.1. The molecule has 0 saturated heterocycles. The van der Waals surface area contributed by atoms with E-state index in [9.17, 15) is 4.39 Å². The first-order chi connectivity index (χ1) is 10.1. The van der Waals surface area contributed by atoms with Gasteiger partial charge in [-0.3, -0.25) is 0 Å². The minimum absolute atomic E-state index is 0.124. The highest BCUT2D eigenvalue weighted by Crippen LogP contribution is 2.31. The molecule has 112 valence electrons. The summed E-state index contributed by atoms with van der Waals surface area (Å²) in [4.78, 5) is 0. The van der Waals surface area contributed by atoms with Gasteiger partial charge in [-0.1, -0.05) is 24.3 Å². The van der Waals surface area contributed by atoms with Gasteiger partial charge in [-0.2, -0.15) is 0 Å². The minimum atomic E-state index is -0.236. The molecule has 1 unspecified atom stereocenters. The molecule has 1 N–H and O–H groups in total. The lowest BCUT2D eigenvalue weighted by Crippen LogP contribution is -2.21. The second kappa shape index (κ2) is 6.72. The van der Waals surface area contributed by atoms with Crippen molar-refractivity contribution in [2.45, 2.75) is 26.3 Å². The van der Waals surface area contributed by atoms with Gasteiger partial charge in [0, 0.05) is 11.6 Å². The van der Waals surface area contributed by atoms with Crippen molar-refractivity contribution in [1.82, 2.24) is 5.32 Å². The molecule has 0 bridgehead atoms. The van der Waals surface area contributed by atoms with Crippen molar-refractivity contribution >= 4 is 0 Å². The van der Waals surface area contributed by atoms with Crippen LogP contribution in [0.25, 0.3) is 0 Å². The van der Waals surface area contributed by atoms with Crippen LogP contribution in [-0.4, -0.2) is 14.2 Å². The first kappa shape index (κ1) is 15.5. The lowest BCUT2D eigenvalue weighted by Gasteiger charge is -2.22. The summed E-state index contributed by atoms with van der Waals surface area (Å²) in [7, 11) is 3.42. The number of hydrogen-bond donors (Lipinski definition) is 1. The Bertz CT molecular complexity index is 604. The highest BCUT2D eigenvalue weighted by Gasteiger charge is 2.20. The topological polar surface area (TPSA) is 21.3 Å². The number of halogens is 1. The summed E-state index contributed by atoms with van der Waals surface area (Å²) in [6.07, 6.45) is 0.728. The molecule has 2 aromatic carbocycles. The molecule has 0 fully saturated rings. The Hall–Kier alpha value is -1.87. The number of aryl methyl sites for hydroxylation is 2. The van der Waals surface area contributed by atoms with Crippen LogP contribution in [0, 0.1) is 19.7 Å². The fourth-order valence-corrected chi connectivity index (χ4v) is 2.76. The molecule has 0 amide bonds. The standard InChI is InChI=1S/C18H22FNO/c1-12-7-5-8-13(2)14(12)11-16(20-3)18-15(19)9-6-10-17(18)21-4/h5-10,16,20H,11H2,1-4H3. The van der Waals surface area contributed by atoms with E-state index < -0.39 is 0 Å². The van der Waals surface area contributed by atoms with E-state index in [1.54, 1.807) is 19.2 Å². The summed E-state index contributed by atoms with van der Waals surface area (Å²) in [5.41, 5.74) is 4.29. The van der Waals surface area contributed by atoms with Gasteiger partial charge in [0.25, 0.3) is 0 Å². The van der Waals surface area contributed by atoms with Crippen molar-refractivity contribution < 1.29 is 9.13 Å². The summed E-state index contributed by atoms with van der Waals surface area (Å²) in [5, 5.41) is 3.22. The van der Waals surface area contributed by atoms with Crippen LogP contribution in [0.15, 0.2) is 36.4 Å². The SMILES string of the molecule is CNC(Cc1c(C)cccc1C)c1c(F)cccc1OC. The van der Waals surface area contributed by atoms with Crippen LogP contribution in [0.4, 0.5) is 4.39 Å². The molecule has 2 rings (SSSR count). The molecule has 0 aliphatic heterocycles. The maximum Gasteiger partial charge on any atom is 0.131 e. The first-order valence-corrected chi connectivity index (χ1v) is 7.13. The Kier molecular flexibility index (Phi) is 4.97. The number of hydrogen-bond acceptors (Lipinski definition) is 2. The van der Waals surface area contributed by atoms with E-state index in [1.165, 1.54) is 22.8 Å². The number of nitrogens with one attached hydrogen (secondary N) is 1. The van der Waals surface area contributed by atoms with E-state index in [0.29, 0.717) is 11.3 Å². The molecule has 0 aromatic heterocycles. The molecular formula is C18H22FNO. The second-order valence-corrected chi connectivity index (χ2v) is 5.27. The van der Waals surface area contributed by atoms with Crippen molar-refractivity contribution in [3.63, 3.8) is 0 Å². The fraction of sp³-hybridized carbons (Fsp3) is 0.333. The van der Waals surface area contributed by atoms with Gasteiger partial charge in [-0.25, -0.2) is 4.39 Å². The number of ether oxygens (including phenoxy) is 1. The zero-order chi connectivity index (χ0) is 15.4.